The first-order valence-electron chi connectivity index (χ1n) is 5.81. The van der Waals surface area contributed by atoms with Crippen molar-refractivity contribution in [3.63, 3.8) is 0 Å². The van der Waals surface area contributed by atoms with Crippen LogP contribution in [0.1, 0.15) is 0 Å². The van der Waals surface area contributed by atoms with Crippen LogP contribution < -0.4 is 4.90 Å². The van der Waals surface area contributed by atoms with Gasteiger partial charge in [-0.15, -0.1) is 10.2 Å². The van der Waals surface area contributed by atoms with Crippen molar-refractivity contribution in [1.29, 1.82) is 0 Å². The Morgan fingerprint density at radius 1 is 1.45 bits per heavy atom. The molecule has 0 spiro atoms. The van der Waals surface area contributed by atoms with E-state index in [1.54, 1.807) is 12.1 Å². The van der Waals surface area contributed by atoms with E-state index in [0.717, 1.165) is 4.47 Å². The highest BCUT2D eigenvalue weighted by atomic mass is 79.9. The Balaban J connectivity index is 1.81. The summed E-state index contributed by atoms with van der Waals surface area (Å²) >= 11 is 4.55. The molecule has 1 fully saturated rings. The van der Waals surface area contributed by atoms with E-state index in [0.29, 0.717) is 28.8 Å². The number of hydrogen-bond acceptors (Lipinski definition) is 5. The fourth-order valence-corrected chi connectivity index (χ4v) is 3.15. The first kappa shape index (κ1) is 13.4. The summed E-state index contributed by atoms with van der Waals surface area (Å²) in [5, 5.41) is 17.9. The SMILES string of the molecule is O=C(O)C1CN(c2nnc(-c3cc(Br)ccc3F)s2)C1. The average molecular weight is 358 g/mol. The molecule has 20 heavy (non-hydrogen) atoms. The van der Waals surface area contributed by atoms with Crippen molar-refractivity contribution < 1.29 is 14.3 Å². The number of nitrogens with zero attached hydrogens (tertiary/aromatic N) is 3. The molecule has 0 bridgehead atoms. The van der Waals surface area contributed by atoms with Gasteiger partial charge in [0.25, 0.3) is 0 Å². The molecule has 2 heterocycles. The molecule has 104 valence electrons. The van der Waals surface area contributed by atoms with Gasteiger partial charge in [-0.25, -0.2) is 4.39 Å². The van der Waals surface area contributed by atoms with E-state index >= 15 is 0 Å². The van der Waals surface area contributed by atoms with Gasteiger partial charge in [0, 0.05) is 23.1 Å². The molecule has 0 atom stereocenters. The molecular formula is C12H9BrFN3O2S. The highest BCUT2D eigenvalue weighted by Crippen LogP contribution is 2.34. The molecule has 1 aromatic carbocycles. The summed E-state index contributed by atoms with van der Waals surface area (Å²) in [5.41, 5.74) is 0.387. The van der Waals surface area contributed by atoms with Gasteiger partial charge in [-0.05, 0) is 18.2 Å². The standard InChI is InChI=1S/C12H9BrFN3O2S/c13-7-1-2-9(14)8(3-7)10-15-16-12(20-10)17-4-6(5-17)11(18)19/h1-3,6H,4-5H2,(H,18,19). The summed E-state index contributed by atoms with van der Waals surface area (Å²) in [5.74, 6) is -1.52. The molecule has 0 saturated carbocycles. The van der Waals surface area contributed by atoms with Crippen LogP contribution in [0.3, 0.4) is 0 Å². The van der Waals surface area contributed by atoms with Crippen molar-refractivity contribution in [1.82, 2.24) is 10.2 Å². The molecule has 5 nitrogen and oxygen atoms in total. The second-order valence-corrected chi connectivity index (χ2v) is 6.33. The number of aliphatic carboxylic acids is 1. The van der Waals surface area contributed by atoms with E-state index in [-0.39, 0.29) is 11.7 Å². The minimum absolute atomic E-state index is 0.357. The molecule has 1 aliphatic heterocycles. The molecule has 0 radical (unpaired) electrons. The van der Waals surface area contributed by atoms with Crippen molar-refractivity contribution in [2.45, 2.75) is 0 Å². The van der Waals surface area contributed by atoms with Gasteiger partial charge in [-0.3, -0.25) is 4.79 Å². The zero-order valence-corrected chi connectivity index (χ0v) is 12.5. The second-order valence-electron chi connectivity index (χ2n) is 4.45. The van der Waals surface area contributed by atoms with Crippen molar-refractivity contribution >= 4 is 38.4 Å². The fourth-order valence-electron chi connectivity index (χ4n) is 1.90. The summed E-state index contributed by atoms with van der Waals surface area (Å²) in [6.45, 7) is 0.843. The van der Waals surface area contributed by atoms with Crippen molar-refractivity contribution in [2.24, 2.45) is 5.92 Å². The van der Waals surface area contributed by atoms with E-state index in [1.165, 1.54) is 17.4 Å². The van der Waals surface area contributed by atoms with Crippen LogP contribution in [0, 0.1) is 11.7 Å². The molecule has 1 aliphatic rings. The largest absolute Gasteiger partial charge is 0.481 e. The molecule has 1 N–H and O–H groups in total. The number of rotatable bonds is 3. The molecular weight excluding hydrogens is 349 g/mol. The monoisotopic (exact) mass is 357 g/mol. The summed E-state index contributed by atoms with van der Waals surface area (Å²) < 4.78 is 14.5. The minimum atomic E-state index is -0.802. The van der Waals surface area contributed by atoms with Crippen LogP contribution in [0.15, 0.2) is 22.7 Å². The Morgan fingerprint density at radius 3 is 2.90 bits per heavy atom. The Kier molecular flexibility index (Phi) is 3.43. The van der Waals surface area contributed by atoms with Gasteiger partial charge in [0.15, 0.2) is 5.01 Å². The molecule has 2 aromatic rings. The number of carbonyl (C=O) groups is 1. The van der Waals surface area contributed by atoms with Crippen LogP contribution in [0.2, 0.25) is 0 Å². The lowest BCUT2D eigenvalue weighted by molar-refractivity contribution is -0.142. The van der Waals surface area contributed by atoms with Crippen molar-refractivity contribution in [3.05, 3.63) is 28.5 Å². The zero-order valence-electron chi connectivity index (χ0n) is 10.1. The minimum Gasteiger partial charge on any atom is -0.481 e. The highest BCUT2D eigenvalue weighted by molar-refractivity contribution is 9.10. The van der Waals surface area contributed by atoms with Gasteiger partial charge in [-0.2, -0.15) is 0 Å². The lowest BCUT2D eigenvalue weighted by atomic mass is 10.0. The van der Waals surface area contributed by atoms with Crippen LogP contribution in [-0.2, 0) is 4.79 Å². The van der Waals surface area contributed by atoms with E-state index in [2.05, 4.69) is 26.1 Å². The maximum absolute atomic E-state index is 13.8. The first-order chi connectivity index (χ1) is 9.54. The normalized spacial score (nSPS) is 15.2. The van der Waals surface area contributed by atoms with Gasteiger partial charge in [0.2, 0.25) is 5.13 Å². The van der Waals surface area contributed by atoms with E-state index in [4.69, 9.17) is 5.11 Å². The Labute approximate surface area is 126 Å². The Hall–Kier alpha value is -1.54. The number of halogens is 2. The third kappa shape index (κ3) is 2.40. The van der Waals surface area contributed by atoms with Crippen LogP contribution in [-0.4, -0.2) is 34.4 Å². The number of carboxylic acids is 1. The van der Waals surface area contributed by atoms with Crippen LogP contribution >= 0.6 is 27.3 Å². The molecule has 0 aliphatic carbocycles. The lowest BCUT2D eigenvalue weighted by Gasteiger charge is -2.35. The summed E-state index contributed by atoms with van der Waals surface area (Å²) in [4.78, 5) is 12.6. The van der Waals surface area contributed by atoms with E-state index in [9.17, 15) is 9.18 Å². The van der Waals surface area contributed by atoms with E-state index in [1.807, 2.05) is 4.90 Å². The maximum Gasteiger partial charge on any atom is 0.310 e. The van der Waals surface area contributed by atoms with Gasteiger partial charge >= 0.3 is 5.97 Å². The Morgan fingerprint density at radius 2 is 2.20 bits per heavy atom. The van der Waals surface area contributed by atoms with Gasteiger partial charge < -0.3 is 10.0 Å². The van der Waals surface area contributed by atoms with Crippen molar-refractivity contribution in [2.75, 3.05) is 18.0 Å². The topological polar surface area (TPSA) is 66.3 Å². The lowest BCUT2D eigenvalue weighted by Crippen LogP contribution is -2.50. The summed E-state index contributed by atoms with van der Waals surface area (Å²) in [6.07, 6.45) is 0. The molecule has 0 amide bonds. The first-order valence-corrected chi connectivity index (χ1v) is 7.42. The number of benzene rings is 1. The quantitative estimate of drug-likeness (QED) is 0.914. The number of anilines is 1. The molecule has 8 heteroatoms. The molecule has 1 saturated heterocycles. The predicted octanol–water partition coefficient (Wildman–Crippen LogP) is 2.63. The van der Waals surface area contributed by atoms with Gasteiger partial charge in [0.1, 0.15) is 5.82 Å². The Bertz CT molecular complexity index is 672. The van der Waals surface area contributed by atoms with E-state index < -0.39 is 5.97 Å². The highest BCUT2D eigenvalue weighted by Gasteiger charge is 2.34. The number of aromatic nitrogens is 2. The average Bonchev–Trinajstić information content (AvgIpc) is 2.79. The smallest absolute Gasteiger partial charge is 0.310 e. The van der Waals surface area contributed by atoms with Crippen LogP contribution in [0.4, 0.5) is 9.52 Å². The summed E-state index contributed by atoms with van der Waals surface area (Å²) in [6, 6.07) is 4.63. The van der Waals surface area contributed by atoms with Gasteiger partial charge in [-0.1, -0.05) is 27.3 Å². The third-order valence-electron chi connectivity index (χ3n) is 3.07. The second kappa shape index (κ2) is 5.10. The predicted molar refractivity (Wildman–Crippen MR) is 76.3 cm³/mol. The number of carboxylic acid groups (broad SMARTS) is 1. The third-order valence-corrected chi connectivity index (χ3v) is 4.59. The van der Waals surface area contributed by atoms with Gasteiger partial charge in [0.05, 0.1) is 5.92 Å². The maximum atomic E-state index is 13.8. The molecule has 0 unspecified atom stereocenters. The van der Waals surface area contributed by atoms with Crippen molar-refractivity contribution in [3.8, 4) is 10.6 Å². The summed E-state index contributed by atoms with van der Waals surface area (Å²) in [7, 11) is 0. The van der Waals surface area contributed by atoms with Crippen LogP contribution in [0.25, 0.3) is 10.6 Å². The van der Waals surface area contributed by atoms with Crippen LogP contribution in [0.5, 0.6) is 0 Å². The zero-order chi connectivity index (χ0) is 14.3. The fraction of sp³-hybridized carbons (Fsp3) is 0.250. The molecule has 1 aromatic heterocycles. The number of hydrogen-bond donors (Lipinski definition) is 1. The molecule has 3 rings (SSSR count).